The van der Waals surface area contributed by atoms with E-state index in [9.17, 15) is 0 Å². The Morgan fingerprint density at radius 3 is 2.29 bits per heavy atom. The van der Waals surface area contributed by atoms with Crippen molar-refractivity contribution in [1.29, 1.82) is 0 Å². The van der Waals surface area contributed by atoms with Crippen LogP contribution in [0.2, 0.25) is 0 Å². The number of rotatable bonds is 5. The van der Waals surface area contributed by atoms with E-state index in [1.165, 1.54) is 11.1 Å². The third-order valence-corrected chi connectivity index (χ3v) is 3.76. The van der Waals surface area contributed by atoms with E-state index in [2.05, 4.69) is 80.4 Å². The first-order valence-corrected chi connectivity index (χ1v) is 7.43. The molecule has 0 aliphatic heterocycles. The quantitative estimate of drug-likeness (QED) is 0.848. The lowest BCUT2D eigenvalue weighted by molar-refractivity contribution is 0.244. The van der Waals surface area contributed by atoms with Crippen LogP contribution in [0.4, 0.5) is 0 Å². The Morgan fingerprint density at radius 1 is 1.14 bits per heavy atom. The van der Waals surface area contributed by atoms with E-state index in [1.807, 2.05) is 4.68 Å². The molecule has 0 saturated carbocycles. The molecule has 0 unspecified atom stereocenters. The number of benzene rings is 1. The number of hydrogen-bond donors (Lipinski definition) is 0. The zero-order chi connectivity index (χ0) is 15.6. The van der Waals surface area contributed by atoms with Gasteiger partial charge in [0.2, 0.25) is 0 Å². The fraction of sp³-hybridized carbons (Fsp3) is 0.562. The topological polar surface area (TPSA) is 46.8 Å². The molecular weight excluding hydrogens is 262 g/mol. The maximum absolute atomic E-state index is 4.31. The fourth-order valence-corrected chi connectivity index (χ4v) is 2.69. The molecule has 2 aromatic rings. The summed E-state index contributed by atoms with van der Waals surface area (Å²) in [4.78, 5) is 2.19. The van der Waals surface area contributed by atoms with Gasteiger partial charge in [-0.1, -0.05) is 32.0 Å². The molecule has 114 valence electrons. The van der Waals surface area contributed by atoms with Gasteiger partial charge in [0.25, 0.3) is 0 Å². The molecule has 0 fully saturated rings. The number of aryl methyl sites for hydroxylation is 2. The molecule has 1 heterocycles. The van der Waals surface area contributed by atoms with Crippen LogP contribution < -0.4 is 0 Å². The lowest BCUT2D eigenvalue weighted by Crippen LogP contribution is -2.25. The summed E-state index contributed by atoms with van der Waals surface area (Å²) in [5.74, 6) is 1.49. The van der Waals surface area contributed by atoms with Gasteiger partial charge in [0.15, 0.2) is 5.82 Å². The number of para-hydroxylation sites is 1. The lowest BCUT2D eigenvalue weighted by Gasteiger charge is -2.25. The molecule has 0 saturated heterocycles. The molecule has 1 aromatic heterocycles. The molecule has 0 bridgehead atoms. The first-order chi connectivity index (χ1) is 9.91. The van der Waals surface area contributed by atoms with E-state index in [0.717, 1.165) is 17.9 Å². The van der Waals surface area contributed by atoms with Crippen LogP contribution in [-0.2, 0) is 0 Å². The molecule has 21 heavy (non-hydrogen) atoms. The van der Waals surface area contributed by atoms with E-state index in [4.69, 9.17) is 0 Å². The maximum atomic E-state index is 4.31. The van der Waals surface area contributed by atoms with Crippen molar-refractivity contribution in [2.75, 3.05) is 14.1 Å². The molecule has 0 aliphatic carbocycles. The summed E-state index contributed by atoms with van der Waals surface area (Å²) in [6.45, 7) is 8.65. The fourth-order valence-electron chi connectivity index (χ4n) is 2.69. The summed E-state index contributed by atoms with van der Waals surface area (Å²) < 4.78 is 1.90. The Labute approximate surface area is 127 Å². The van der Waals surface area contributed by atoms with E-state index in [1.54, 1.807) is 0 Å². The highest BCUT2D eigenvalue weighted by Gasteiger charge is 2.24. The highest BCUT2D eigenvalue weighted by Crippen LogP contribution is 2.27. The Kier molecular flexibility index (Phi) is 4.73. The standard InChI is InChI=1S/C16H25N5/c1-11(2)10-14(20(5)6)16-17-18-19-21(16)15-12(3)8-7-9-13(15)4/h7-9,11,14H,10H2,1-6H3/t14-/m0/s1. The molecule has 0 aliphatic rings. The molecular formula is C16H25N5. The predicted molar refractivity (Wildman–Crippen MR) is 84.5 cm³/mol. The zero-order valence-electron chi connectivity index (χ0n) is 13.8. The van der Waals surface area contributed by atoms with Gasteiger partial charge < -0.3 is 0 Å². The van der Waals surface area contributed by atoms with Crippen molar-refractivity contribution in [3.8, 4) is 5.69 Å². The van der Waals surface area contributed by atoms with Crippen LogP contribution in [0.5, 0.6) is 0 Å². The molecule has 5 heteroatoms. The summed E-state index contributed by atoms with van der Waals surface area (Å²) in [7, 11) is 4.16. The molecule has 0 amide bonds. The minimum atomic E-state index is 0.207. The van der Waals surface area contributed by atoms with Crippen molar-refractivity contribution >= 4 is 0 Å². The minimum Gasteiger partial charge on any atom is -0.300 e. The van der Waals surface area contributed by atoms with Gasteiger partial charge in [-0.25, -0.2) is 0 Å². The van der Waals surface area contributed by atoms with Crippen molar-refractivity contribution in [3.63, 3.8) is 0 Å². The second-order valence-corrected chi connectivity index (χ2v) is 6.30. The lowest BCUT2D eigenvalue weighted by atomic mass is 10.0. The summed E-state index contributed by atoms with van der Waals surface area (Å²) in [6, 6.07) is 6.47. The second kappa shape index (κ2) is 6.35. The van der Waals surface area contributed by atoms with Crippen molar-refractivity contribution < 1.29 is 0 Å². The largest absolute Gasteiger partial charge is 0.300 e. The van der Waals surface area contributed by atoms with E-state index < -0.39 is 0 Å². The zero-order valence-corrected chi connectivity index (χ0v) is 13.8. The molecule has 0 N–H and O–H groups in total. The normalized spacial score (nSPS) is 13.1. The van der Waals surface area contributed by atoms with E-state index in [0.29, 0.717) is 5.92 Å². The van der Waals surface area contributed by atoms with Gasteiger partial charge in [-0.2, -0.15) is 4.68 Å². The number of aromatic nitrogens is 4. The van der Waals surface area contributed by atoms with Crippen LogP contribution in [0.15, 0.2) is 18.2 Å². The van der Waals surface area contributed by atoms with Gasteiger partial charge >= 0.3 is 0 Å². The van der Waals surface area contributed by atoms with Crippen LogP contribution in [0.1, 0.15) is 43.3 Å². The summed E-state index contributed by atoms with van der Waals surface area (Å²) in [5.41, 5.74) is 3.46. The molecule has 1 atom stereocenters. The Bertz CT molecular complexity index is 580. The van der Waals surface area contributed by atoms with Crippen molar-refractivity contribution in [2.45, 2.75) is 40.2 Å². The van der Waals surface area contributed by atoms with E-state index in [-0.39, 0.29) is 6.04 Å². The highest BCUT2D eigenvalue weighted by atomic mass is 15.6. The molecule has 2 rings (SSSR count). The summed E-state index contributed by atoms with van der Waals surface area (Å²) >= 11 is 0. The van der Waals surface area contributed by atoms with Crippen molar-refractivity contribution in [3.05, 3.63) is 35.2 Å². The SMILES string of the molecule is Cc1cccc(C)c1-n1nnnc1[C@H](CC(C)C)N(C)C. The molecule has 0 radical (unpaired) electrons. The van der Waals surface area contributed by atoms with E-state index >= 15 is 0 Å². The third kappa shape index (κ3) is 3.29. The first-order valence-electron chi connectivity index (χ1n) is 7.43. The Hall–Kier alpha value is -1.75. The van der Waals surface area contributed by atoms with Gasteiger partial charge in [-0.05, 0) is 61.8 Å². The maximum Gasteiger partial charge on any atom is 0.173 e. The third-order valence-electron chi connectivity index (χ3n) is 3.76. The number of nitrogens with zero attached hydrogens (tertiary/aromatic N) is 5. The van der Waals surface area contributed by atoms with Gasteiger partial charge in [0.05, 0.1) is 11.7 Å². The van der Waals surface area contributed by atoms with Crippen LogP contribution in [0.3, 0.4) is 0 Å². The molecule has 5 nitrogen and oxygen atoms in total. The van der Waals surface area contributed by atoms with Gasteiger partial charge in [0, 0.05) is 0 Å². The highest BCUT2D eigenvalue weighted by molar-refractivity contribution is 5.46. The van der Waals surface area contributed by atoms with Crippen molar-refractivity contribution in [2.24, 2.45) is 5.92 Å². The van der Waals surface area contributed by atoms with Crippen LogP contribution in [0.25, 0.3) is 5.69 Å². The molecule has 0 spiro atoms. The predicted octanol–water partition coefficient (Wildman–Crippen LogP) is 2.93. The van der Waals surface area contributed by atoms with Gasteiger partial charge in [-0.3, -0.25) is 4.90 Å². The average Bonchev–Trinajstić information content (AvgIpc) is 2.84. The first kappa shape index (κ1) is 15.6. The minimum absolute atomic E-state index is 0.207. The van der Waals surface area contributed by atoms with Gasteiger partial charge in [0.1, 0.15) is 0 Å². The van der Waals surface area contributed by atoms with Gasteiger partial charge in [-0.15, -0.1) is 5.10 Å². The van der Waals surface area contributed by atoms with Crippen LogP contribution >= 0.6 is 0 Å². The second-order valence-electron chi connectivity index (χ2n) is 6.30. The Balaban J connectivity index is 2.51. The molecule has 1 aromatic carbocycles. The van der Waals surface area contributed by atoms with Crippen LogP contribution in [0, 0.1) is 19.8 Å². The van der Waals surface area contributed by atoms with Crippen LogP contribution in [-0.4, -0.2) is 39.2 Å². The monoisotopic (exact) mass is 287 g/mol. The average molecular weight is 287 g/mol. The summed E-state index contributed by atoms with van der Waals surface area (Å²) in [6.07, 6.45) is 1.03. The Morgan fingerprint density at radius 2 is 1.76 bits per heavy atom. The smallest absolute Gasteiger partial charge is 0.173 e. The number of hydrogen-bond acceptors (Lipinski definition) is 4. The summed E-state index contributed by atoms with van der Waals surface area (Å²) in [5, 5.41) is 12.5. The van der Waals surface area contributed by atoms with Crippen molar-refractivity contribution in [1.82, 2.24) is 25.1 Å². The number of tetrazole rings is 1.